The first kappa shape index (κ1) is 27.1. The third-order valence-corrected chi connectivity index (χ3v) is 10.4. The van der Waals surface area contributed by atoms with Crippen molar-refractivity contribution in [1.29, 1.82) is 0 Å². The van der Waals surface area contributed by atoms with Gasteiger partial charge in [0.25, 0.3) is 0 Å². The maximum Gasteiger partial charge on any atom is 0.240 e. The molecule has 2 aliphatic rings. The molecule has 2 aliphatic heterocycles. The summed E-state index contributed by atoms with van der Waals surface area (Å²) >= 11 is 0. The molecule has 2 saturated heterocycles. The molecule has 1 N–H and O–H groups in total. The van der Waals surface area contributed by atoms with E-state index in [2.05, 4.69) is 21.6 Å². The van der Waals surface area contributed by atoms with Gasteiger partial charge in [-0.2, -0.15) is 0 Å². The SMILES string of the molecule is CC(C)c1ccc(S(=O)(=O)c2ccc(N3CCN(C)CC3)cc2)cc1S(=O)(=O)NCC1CCOCC1. The number of benzene rings is 2. The summed E-state index contributed by atoms with van der Waals surface area (Å²) in [6.07, 6.45) is 1.61. The van der Waals surface area contributed by atoms with Crippen LogP contribution in [0.15, 0.2) is 57.2 Å². The summed E-state index contributed by atoms with van der Waals surface area (Å²) in [6, 6.07) is 11.3. The molecule has 0 spiro atoms. The number of sulfonamides is 1. The number of hydrogen-bond acceptors (Lipinski definition) is 7. The zero-order chi connectivity index (χ0) is 25.9. The maximum absolute atomic E-state index is 13.5. The molecule has 2 heterocycles. The second-order valence-corrected chi connectivity index (χ2v) is 13.7. The van der Waals surface area contributed by atoms with Crippen LogP contribution in [0.5, 0.6) is 0 Å². The molecule has 0 unspecified atom stereocenters. The van der Waals surface area contributed by atoms with Gasteiger partial charge in [0.05, 0.1) is 14.7 Å². The summed E-state index contributed by atoms with van der Waals surface area (Å²) in [5.74, 6) is 0.126. The zero-order valence-corrected chi connectivity index (χ0v) is 22.9. The molecule has 0 radical (unpaired) electrons. The minimum absolute atomic E-state index is 0.0225. The van der Waals surface area contributed by atoms with Gasteiger partial charge in [0.1, 0.15) is 0 Å². The van der Waals surface area contributed by atoms with Crippen molar-refractivity contribution in [3.63, 3.8) is 0 Å². The average Bonchev–Trinajstić information content (AvgIpc) is 2.88. The number of ether oxygens (including phenoxy) is 1. The second-order valence-electron chi connectivity index (χ2n) is 10.0. The molecule has 2 aromatic carbocycles. The van der Waals surface area contributed by atoms with E-state index in [0.29, 0.717) is 25.3 Å². The molecule has 0 aromatic heterocycles. The highest BCUT2D eigenvalue weighted by Crippen LogP contribution is 2.30. The Hall–Kier alpha value is -1.98. The molecular formula is C26H37N3O5S2. The van der Waals surface area contributed by atoms with Crippen LogP contribution < -0.4 is 9.62 Å². The number of nitrogens with zero attached hydrogens (tertiary/aromatic N) is 2. The van der Waals surface area contributed by atoms with E-state index in [1.54, 1.807) is 18.2 Å². The molecule has 4 rings (SSSR count). The fourth-order valence-electron chi connectivity index (χ4n) is 4.68. The van der Waals surface area contributed by atoms with E-state index >= 15 is 0 Å². The highest BCUT2D eigenvalue weighted by molar-refractivity contribution is 7.91. The predicted octanol–water partition coefficient (Wildman–Crippen LogP) is 3.10. The zero-order valence-electron chi connectivity index (χ0n) is 21.3. The van der Waals surface area contributed by atoms with Crippen molar-refractivity contribution in [2.24, 2.45) is 5.92 Å². The van der Waals surface area contributed by atoms with Crippen LogP contribution in [0.4, 0.5) is 5.69 Å². The van der Waals surface area contributed by atoms with Crippen molar-refractivity contribution >= 4 is 25.5 Å². The predicted molar refractivity (Wildman–Crippen MR) is 141 cm³/mol. The van der Waals surface area contributed by atoms with Crippen LogP contribution in [-0.4, -0.2) is 74.7 Å². The summed E-state index contributed by atoms with van der Waals surface area (Å²) in [7, 11) is -5.69. The molecule has 2 fully saturated rings. The van der Waals surface area contributed by atoms with Crippen molar-refractivity contribution < 1.29 is 21.6 Å². The molecule has 198 valence electrons. The third-order valence-electron chi connectivity index (χ3n) is 7.13. The summed E-state index contributed by atoms with van der Waals surface area (Å²) in [5.41, 5.74) is 1.58. The molecule has 0 atom stereocenters. The first-order valence-corrected chi connectivity index (χ1v) is 15.5. The Morgan fingerprint density at radius 3 is 2.14 bits per heavy atom. The Kier molecular flexibility index (Phi) is 8.41. The fourth-order valence-corrected chi connectivity index (χ4v) is 7.55. The van der Waals surface area contributed by atoms with Gasteiger partial charge in [-0.05, 0) is 73.7 Å². The quantitative estimate of drug-likeness (QED) is 0.555. The van der Waals surface area contributed by atoms with E-state index in [4.69, 9.17) is 4.74 Å². The average molecular weight is 536 g/mol. The maximum atomic E-state index is 13.5. The fraction of sp³-hybridized carbons (Fsp3) is 0.538. The van der Waals surface area contributed by atoms with Gasteiger partial charge in [-0.1, -0.05) is 19.9 Å². The van der Waals surface area contributed by atoms with Gasteiger partial charge in [0.2, 0.25) is 19.9 Å². The molecule has 8 nitrogen and oxygen atoms in total. The lowest BCUT2D eigenvalue weighted by Gasteiger charge is -2.34. The van der Waals surface area contributed by atoms with Crippen LogP contribution in [-0.2, 0) is 24.6 Å². The Bertz CT molecular complexity index is 1250. The highest BCUT2D eigenvalue weighted by Gasteiger charge is 2.27. The van der Waals surface area contributed by atoms with Gasteiger partial charge in [-0.15, -0.1) is 0 Å². The van der Waals surface area contributed by atoms with E-state index in [9.17, 15) is 16.8 Å². The number of sulfone groups is 1. The third kappa shape index (κ3) is 6.11. The normalized spacial score (nSPS) is 18.6. The van der Waals surface area contributed by atoms with Gasteiger partial charge in [0, 0.05) is 51.6 Å². The molecule has 0 saturated carbocycles. The Morgan fingerprint density at radius 2 is 1.53 bits per heavy atom. The van der Waals surface area contributed by atoms with Crippen molar-refractivity contribution in [1.82, 2.24) is 9.62 Å². The van der Waals surface area contributed by atoms with E-state index in [1.807, 2.05) is 26.0 Å². The van der Waals surface area contributed by atoms with Crippen molar-refractivity contribution in [2.45, 2.75) is 47.3 Å². The smallest absolute Gasteiger partial charge is 0.240 e. The van der Waals surface area contributed by atoms with Gasteiger partial charge in [0.15, 0.2) is 0 Å². The molecule has 10 heteroatoms. The summed E-state index contributed by atoms with van der Waals surface area (Å²) < 4.78 is 61.7. The number of nitrogens with one attached hydrogen (secondary N) is 1. The van der Waals surface area contributed by atoms with Crippen molar-refractivity contribution in [3.8, 4) is 0 Å². The molecule has 0 amide bonds. The molecule has 2 aromatic rings. The van der Waals surface area contributed by atoms with Gasteiger partial charge < -0.3 is 14.5 Å². The summed E-state index contributed by atoms with van der Waals surface area (Å²) in [4.78, 5) is 4.66. The molecule has 0 bridgehead atoms. The topological polar surface area (TPSA) is 96.0 Å². The van der Waals surface area contributed by atoms with Crippen LogP contribution in [0.3, 0.4) is 0 Å². The lowest BCUT2D eigenvalue weighted by atomic mass is 10.0. The lowest BCUT2D eigenvalue weighted by Crippen LogP contribution is -2.44. The molecular weight excluding hydrogens is 498 g/mol. The van der Waals surface area contributed by atoms with Crippen molar-refractivity contribution in [3.05, 3.63) is 48.0 Å². The lowest BCUT2D eigenvalue weighted by molar-refractivity contribution is 0.0678. The Morgan fingerprint density at radius 1 is 0.917 bits per heavy atom. The second kappa shape index (κ2) is 11.2. The molecule has 0 aliphatic carbocycles. The number of hydrogen-bond donors (Lipinski definition) is 1. The Labute approximate surface area is 215 Å². The largest absolute Gasteiger partial charge is 0.381 e. The van der Waals surface area contributed by atoms with Gasteiger partial charge >= 0.3 is 0 Å². The van der Waals surface area contributed by atoms with E-state index in [-0.39, 0.29) is 26.5 Å². The standard InChI is InChI=1S/C26H37N3O5S2/c1-20(2)25-9-8-24(18-26(25)36(32,33)27-19-21-10-16-34-17-11-21)35(30,31)23-6-4-22(5-7-23)29-14-12-28(3)13-15-29/h4-9,18,20-21,27H,10-17,19H2,1-3H3. The first-order chi connectivity index (χ1) is 17.1. The van der Waals surface area contributed by atoms with Crippen LogP contribution >= 0.6 is 0 Å². The van der Waals surface area contributed by atoms with Gasteiger partial charge in [-0.3, -0.25) is 0 Å². The highest BCUT2D eigenvalue weighted by atomic mass is 32.2. The Balaban J connectivity index is 1.59. The van der Waals surface area contributed by atoms with Crippen LogP contribution in [0, 0.1) is 5.92 Å². The van der Waals surface area contributed by atoms with E-state index < -0.39 is 19.9 Å². The van der Waals surface area contributed by atoms with Crippen LogP contribution in [0.1, 0.15) is 38.2 Å². The minimum atomic E-state index is -3.89. The van der Waals surface area contributed by atoms with Gasteiger partial charge in [-0.25, -0.2) is 21.6 Å². The minimum Gasteiger partial charge on any atom is -0.381 e. The number of likely N-dealkylation sites (N-methyl/N-ethyl adjacent to an activating group) is 1. The van der Waals surface area contributed by atoms with Crippen molar-refractivity contribution in [2.75, 3.05) is 57.9 Å². The monoisotopic (exact) mass is 535 g/mol. The first-order valence-electron chi connectivity index (χ1n) is 12.6. The van der Waals surface area contributed by atoms with Crippen LogP contribution in [0.2, 0.25) is 0 Å². The molecule has 36 heavy (non-hydrogen) atoms. The van der Waals surface area contributed by atoms with E-state index in [1.165, 1.54) is 12.1 Å². The summed E-state index contributed by atoms with van der Waals surface area (Å²) in [5, 5.41) is 0. The number of anilines is 1. The number of rotatable bonds is 8. The summed E-state index contributed by atoms with van der Waals surface area (Å²) in [6.45, 7) is 9.08. The number of piperazine rings is 1. The van der Waals surface area contributed by atoms with Crippen LogP contribution in [0.25, 0.3) is 0 Å². The van der Waals surface area contributed by atoms with E-state index in [0.717, 1.165) is 44.7 Å².